The van der Waals surface area contributed by atoms with Crippen LogP contribution in [0.2, 0.25) is 0 Å². The number of aliphatic carboxylic acids is 1. The molecular weight excluding hydrogens is 230 g/mol. The van der Waals surface area contributed by atoms with E-state index in [0.29, 0.717) is 6.04 Å². The zero-order valence-electron chi connectivity index (χ0n) is 10.6. The summed E-state index contributed by atoms with van der Waals surface area (Å²) in [6.07, 6.45) is 4.55. The molecule has 1 aromatic heterocycles. The average molecular weight is 247 g/mol. The van der Waals surface area contributed by atoms with E-state index in [1.165, 1.54) is 0 Å². The number of aromatic nitrogens is 2. The van der Waals surface area contributed by atoms with Crippen LogP contribution in [0.15, 0.2) is 6.20 Å². The maximum absolute atomic E-state index is 11.2. The van der Waals surface area contributed by atoms with Gasteiger partial charge in [0.05, 0.1) is 23.5 Å². The molecule has 3 rings (SSSR count). The van der Waals surface area contributed by atoms with E-state index in [4.69, 9.17) is 0 Å². The number of carbonyl (C=O) groups is 1. The third-order valence-corrected chi connectivity index (χ3v) is 4.30. The second-order valence-corrected chi connectivity index (χ2v) is 5.29. The van der Waals surface area contributed by atoms with Gasteiger partial charge in [-0.15, -0.1) is 0 Å². The number of carboxylic acids is 1. The van der Waals surface area contributed by atoms with Crippen LogP contribution in [0.3, 0.4) is 0 Å². The Morgan fingerprint density at radius 1 is 1.39 bits per heavy atom. The van der Waals surface area contributed by atoms with Gasteiger partial charge >= 0.3 is 5.97 Å². The van der Waals surface area contributed by atoms with Crippen LogP contribution in [0.5, 0.6) is 0 Å². The standard InChI is InChI=1S/C13H17N3O2/c1-7-8(2)15-12(6-14-7)16-9-3-4-11(16)10(5-9)13(17)18/h6,9-11H,3-5H2,1-2H3,(H,17,18). The lowest BCUT2D eigenvalue weighted by Gasteiger charge is -2.24. The summed E-state index contributed by atoms with van der Waals surface area (Å²) in [7, 11) is 0. The molecule has 18 heavy (non-hydrogen) atoms. The van der Waals surface area contributed by atoms with Gasteiger partial charge in [0.25, 0.3) is 0 Å². The van der Waals surface area contributed by atoms with E-state index in [1.807, 2.05) is 13.8 Å². The van der Waals surface area contributed by atoms with Crippen molar-refractivity contribution >= 4 is 11.8 Å². The molecular formula is C13H17N3O2. The van der Waals surface area contributed by atoms with Crippen LogP contribution >= 0.6 is 0 Å². The molecule has 2 bridgehead atoms. The topological polar surface area (TPSA) is 66.3 Å². The first-order chi connectivity index (χ1) is 8.58. The van der Waals surface area contributed by atoms with Gasteiger partial charge in [-0.05, 0) is 33.1 Å². The van der Waals surface area contributed by atoms with Crippen molar-refractivity contribution in [2.75, 3.05) is 4.90 Å². The Bertz CT molecular complexity index is 503. The lowest BCUT2D eigenvalue weighted by molar-refractivity contribution is -0.142. The van der Waals surface area contributed by atoms with Crippen LogP contribution in [0.25, 0.3) is 0 Å². The zero-order valence-corrected chi connectivity index (χ0v) is 10.6. The molecule has 5 heteroatoms. The molecule has 0 aliphatic carbocycles. The average Bonchev–Trinajstić information content (AvgIpc) is 2.90. The molecule has 5 nitrogen and oxygen atoms in total. The number of fused-ring (bicyclic) bond motifs is 2. The number of aryl methyl sites for hydroxylation is 2. The van der Waals surface area contributed by atoms with Gasteiger partial charge in [-0.25, -0.2) is 4.98 Å². The van der Waals surface area contributed by atoms with Crippen LogP contribution < -0.4 is 4.90 Å². The van der Waals surface area contributed by atoms with Crippen LogP contribution in [0, 0.1) is 19.8 Å². The summed E-state index contributed by atoms with van der Waals surface area (Å²) in [6.45, 7) is 3.88. The van der Waals surface area contributed by atoms with Crippen molar-refractivity contribution < 1.29 is 9.90 Å². The third kappa shape index (κ3) is 1.57. The van der Waals surface area contributed by atoms with Gasteiger partial charge in [-0.2, -0.15) is 0 Å². The Hall–Kier alpha value is -1.65. The maximum Gasteiger partial charge on any atom is 0.308 e. The molecule has 0 amide bonds. The largest absolute Gasteiger partial charge is 0.481 e. The summed E-state index contributed by atoms with van der Waals surface area (Å²) in [5.74, 6) is -0.0782. The SMILES string of the molecule is Cc1ncc(N2C3CCC2C(C(=O)O)C3)nc1C. The van der Waals surface area contributed by atoms with E-state index in [-0.39, 0.29) is 12.0 Å². The van der Waals surface area contributed by atoms with E-state index in [1.54, 1.807) is 6.20 Å². The minimum absolute atomic E-state index is 0.101. The minimum atomic E-state index is -0.677. The molecule has 3 atom stereocenters. The summed E-state index contributed by atoms with van der Waals surface area (Å²) in [6, 6.07) is 0.427. The molecule has 2 saturated heterocycles. The number of carboxylic acid groups (broad SMARTS) is 1. The van der Waals surface area contributed by atoms with Gasteiger partial charge in [0, 0.05) is 12.1 Å². The van der Waals surface area contributed by atoms with Gasteiger partial charge < -0.3 is 10.0 Å². The number of anilines is 1. The zero-order chi connectivity index (χ0) is 12.9. The molecule has 0 radical (unpaired) electrons. The molecule has 2 fully saturated rings. The van der Waals surface area contributed by atoms with Crippen LogP contribution in [-0.4, -0.2) is 33.1 Å². The Labute approximate surface area is 106 Å². The number of hydrogen-bond donors (Lipinski definition) is 1. The van der Waals surface area contributed by atoms with Gasteiger partial charge in [-0.1, -0.05) is 0 Å². The summed E-state index contributed by atoms with van der Waals surface area (Å²) in [5, 5.41) is 9.24. The first-order valence-corrected chi connectivity index (χ1v) is 6.39. The molecule has 2 aliphatic rings. The smallest absolute Gasteiger partial charge is 0.308 e. The van der Waals surface area contributed by atoms with Crippen molar-refractivity contribution in [2.45, 2.75) is 45.2 Å². The molecule has 0 spiro atoms. The molecule has 3 unspecified atom stereocenters. The van der Waals surface area contributed by atoms with E-state index >= 15 is 0 Å². The highest BCUT2D eigenvalue weighted by atomic mass is 16.4. The van der Waals surface area contributed by atoms with E-state index in [0.717, 1.165) is 36.5 Å². The fourth-order valence-electron chi connectivity index (χ4n) is 3.27. The monoisotopic (exact) mass is 247 g/mol. The maximum atomic E-state index is 11.2. The third-order valence-electron chi connectivity index (χ3n) is 4.30. The Balaban J connectivity index is 1.93. The molecule has 0 aromatic carbocycles. The number of rotatable bonds is 2. The predicted octanol–water partition coefficient (Wildman–Crippen LogP) is 1.54. The highest BCUT2D eigenvalue weighted by Gasteiger charge is 2.49. The highest BCUT2D eigenvalue weighted by molar-refractivity contribution is 5.73. The summed E-state index contributed by atoms with van der Waals surface area (Å²) >= 11 is 0. The van der Waals surface area contributed by atoms with E-state index in [2.05, 4.69) is 14.9 Å². The first-order valence-electron chi connectivity index (χ1n) is 6.39. The number of nitrogens with zero attached hydrogens (tertiary/aromatic N) is 3. The lowest BCUT2D eigenvalue weighted by atomic mass is 9.89. The van der Waals surface area contributed by atoms with Crippen molar-refractivity contribution in [3.8, 4) is 0 Å². The summed E-state index contributed by atoms with van der Waals surface area (Å²) in [5.41, 5.74) is 1.85. The summed E-state index contributed by atoms with van der Waals surface area (Å²) < 4.78 is 0. The second-order valence-electron chi connectivity index (χ2n) is 5.29. The first kappa shape index (κ1) is 11.4. The van der Waals surface area contributed by atoms with Crippen molar-refractivity contribution in [3.63, 3.8) is 0 Å². The van der Waals surface area contributed by atoms with Crippen LogP contribution in [0.1, 0.15) is 30.7 Å². The second kappa shape index (κ2) is 3.93. The van der Waals surface area contributed by atoms with Crippen LogP contribution in [-0.2, 0) is 4.79 Å². The van der Waals surface area contributed by atoms with Gasteiger partial charge in [0.15, 0.2) is 0 Å². The lowest BCUT2D eigenvalue weighted by Crippen LogP contribution is -2.33. The Morgan fingerprint density at radius 3 is 2.78 bits per heavy atom. The van der Waals surface area contributed by atoms with Gasteiger partial charge in [0.1, 0.15) is 5.82 Å². The molecule has 3 heterocycles. The molecule has 96 valence electrons. The van der Waals surface area contributed by atoms with Gasteiger partial charge in [-0.3, -0.25) is 9.78 Å². The number of hydrogen-bond acceptors (Lipinski definition) is 4. The van der Waals surface area contributed by atoms with Crippen molar-refractivity contribution in [3.05, 3.63) is 17.6 Å². The molecule has 1 N–H and O–H groups in total. The quantitative estimate of drug-likeness (QED) is 0.858. The fourth-order valence-corrected chi connectivity index (χ4v) is 3.27. The summed E-state index contributed by atoms with van der Waals surface area (Å²) in [4.78, 5) is 22.3. The molecule has 0 saturated carbocycles. The highest BCUT2D eigenvalue weighted by Crippen LogP contribution is 2.43. The van der Waals surface area contributed by atoms with Gasteiger partial charge in [0.2, 0.25) is 0 Å². The Morgan fingerprint density at radius 2 is 2.17 bits per heavy atom. The fraction of sp³-hybridized carbons (Fsp3) is 0.615. The van der Waals surface area contributed by atoms with Crippen molar-refractivity contribution in [2.24, 2.45) is 5.92 Å². The van der Waals surface area contributed by atoms with E-state index in [9.17, 15) is 9.90 Å². The van der Waals surface area contributed by atoms with Crippen LogP contribution in [0.4, 0.5) is 5.82 Å². The van der Waals surface area contributed by atoms with Crippen molar-refractivity contribution in [1.82, 2.24) is 9.97 Å². The molecule has 2 aliphatic heterocycles. The normalized spacial score (nSPS) is 29.9. The van der Waals surface area contributed by atoms with E-state index < -0.39 is 5.97 Å². The predicted molar refractivity (Wildman–Crippen MR) is 66.5 cm³/mol. The Kier molecular flexibility index (Phi) is 2.50. The minimum Gasteiger partial charge on any atom is -0.481 e. The van der Waals surface area contributed by atoms with Crippen molar-refractivity contribution in [1.29, 1.82) is 0 Å². The molecule has 1 aromatic rings.